The number of aromatic amines is 1. The van der Waals surface area contributed by atoms with Crippen LogP contribution in [0.15, 0.2) is 67.1 Å². The van der Waals surface area contributed by atoms with Crippen LogP contribution in [0, 0.1) is 0 Å². The van der Waals surface area contributed by atoms with Crippen molar-refractivity contribution in [2.45, 2.75) is 6.54 Å². The molecule has 0 bridgehead atoms. The molecule has 0 fully saturated rings. The van der Waals surface area contributed by atoms with Crippen LogP contribution in [0.25, 0.3) is 22.2 Å². The Kier molecular flexibility index (Phi) is 5.49. The zero-order valence-electron chi connectivity index (χ0n) is 15.8. The number of benzene rings is 1. The number of hydrogen-bond donors (Lipinski definition) is 3. The number of likely N-dealkylation sites (N-methyl/N-ethyl adjacent to an activating group) is 1. The van der Waals surface area contributed by atoms with Crippen molar-refractivity contribution in [1.82, 2.24) is 20.3 Å². The van der Waals surface area contributed by atoms with Gasteiger partial charge in [-0.05, 0) is 42.9 Å². The molecule has 4 rings (SSSR count). The van der Waals surface area contributed by atoms with Crippen molar-refractivity contribution >= 4 is 16.9 Å². The average Bonchev–Trinajstić information content (AvgIpc) is 3.22. The summed E-state index contributed by atoms with van der Waals surface area (Å²) in [6.07, 6.45) is 5.50. The number of hydrogen-bond acceptors (Lipinski definition) is 5. The van der Waals surface area contributed by atoms with E-state index in [1.54, 1.807) is 12.4 Å². The molecule has 0 spiro atoms. The first kappa shape index (κ1) is 18.0. The van der Waals surface area contributed by atoms with Gasteiger partial charge in [0.15, 0.2) is 0 Å². The second-order valence-corrected chi connectivity index (χ2v) is 6.45. The fourth-order valence-electron chi connectivity index (χ4n) is 3.12. The highest BCUT2D eigenvalue weighted by atomic mass is 16.5. The summed E-state index contributed by atoms with van der Waals surface area (Å²) in [6.45, 7) is 2.09. The van der Waals surface area contributed by atoms with Crippen molar-refractivity contribution in [3.63, 3.8) is 0 Å². The monoisotopic (exact) mass is 373 g/mol. The van der Waals surface area contributed by atoms with Gasteiger partial charge in [0.2, 0.25) is 0 Å². The maximum absolute atomic E-state index is 6.01. The zero-order valence-corrected chi connectivity index (χ0v) is 15.8. The van der Waals surface area contributed by atoms with Crippen molar-refractivity contribution < 1.29 is 4.74 Å². The summed E-state index contributed by atoms with van der Waals surface area (Å²) < 4.78 is 6.01. The molecule has 4 aromatic rings. The Labute approximate surface area is 164 Å². The van der Waals surface area contributed by atoms with Gasteiger partial charge >= 0.3 is 0 Å². The lowest BCUT2D eigenvalue weighted by Gasteiger charge is -2.14. The molecule has 0 aliphatic rings. The predicted octanol–water partition coefficient (Wildman–Crippen LogP) is 3.84. The molecule has 3 heterocycles. The minimum absolute atomic E-state index is 0.613. The van der Waals surface area contributed by atoms with Gasteiger partial charge in [0, 0.05) is 48.2 Å². The smallest absolute Gasteiger partial charge is 0.140 e. The molecule has 3 N–H and O–H groups in total. The lowest BCUT2D eigenvalue weighted by molar-refractivity contribution is 0.319. The number of pyridine rings is 2. The number of rotatable bonds is 8. The lowest BCUT2D eigenvalue weighted by atomic mass is 10.0. The Bertz CT molecular complexity index is 1050. The first-order valence-electron chi connectivity index (χ1n) is 9.33. The van der Waals surface area contributed by atoms with E-state index in [1.165, 1.54) is 0 Å². The molecule has 0 saturated carbocycles. The van der Waals surface area contributed by atoms with E-state index < -0.39 is 0 Å². The van der Waals surface area contributed by atoms with Crippen LogP contribution >= 0.6 is 0 Å². The Balaban J connectivity index is 1.68. The van der Waals surface area contributed by atoms with Crippen molar-refractivity contribution in [3.8, 4) is 16.9 Å². The van der Waals surface area contributed by atoms with Crippen LogP contribution in [0.3, 0.4) is 0 Å². The molecule has 0 aliphatic heterocycles. The van der Waals surface area contributed by atoms with E-state index in [2.05, 4.69) is 38.8 Å². The molecule has 0 unspecified atom stereocenters. The van der Waals surface area contributed by atoms with Gasteiger partial charge < -0.3 is 20.4 Å². The van der Waals surface area contributed by atoms with Gasteiger partial charge in [-0.3, -0.25) is 4.98 Å². The van der Waals surface area contributed by atoms with E-state index in [1.807, 2.05) is 43.6 Å². The van der Waals surface area contributed by atoms with Crippen LogP contribution in [0.2, 0.25) is 0 Å². The molecule has 0 amide bonds. The van der Waals surface area contributed by atoms with Gasteiger partial charge in [-0.1, -0.05) is 18.2 Å². The van der Waals surface area contributed by atoms with E-state index in [0.29, 0.717) is 13.2 Å². The number of nitrogens with one attached hydrogen (secondary N) is 3. The Morgan fingerprint density at radius 1 is 1.04 bits per heavy atom. The van der Waals surface area contributed by atoms with E-state index >= 15 is 0 Å². The van der Waals surface area contributed by atoms with Gasteiger partial charge in [-0.25, -0.2) is 4.98 Å². The van der Waals surface area contributed by atoms with Crippen LogP contribution in [0.5, 0.6) is 5.75 Å². The quantitative estimate of drug-likeness (QED) is 0.409. The Morgan fingerprint density at radius 3 is 2.75 bits per heavy atom. The highest BCUT2D eigenvalue weighted by molar-refractivity contribution is 5.96. The molecule has 0 atom stereocenters. The van der Waals surface area contributed by atoms with Gasteiger partial charge in [0.25, 0.3) is 0 Å². The van der Waals surface area contributed by atoms with Crippen LogP contribution < -0.4 is 15.4 Å². The predicted molar refractivity (Wildman–Crippen MR) is 113 cm³/mol. The number of anilines is 1. The molecule has 0 saturated heterocycles. The SMILES string of the molecule is CNCCOc1ccccc1-c1cc(NCc2ccncc2)nc2[nH]ccc12. The maximum atomic E-state index is 6.01. The third-order valence-electron chi connectivity index (χ3n) is 4.54. The van der Waals surface area contributed by atoms with Gasteiger partial charge in [-0.15, -0.1) is 0 Å². The second-order valence-electron chi connectivity index (χ2n) is 6.45. The largest absolute Gasteiger partial charge is 0.492 e. The van der Waals surface area contributed by atoms with E-state index in [0.717, 1.165) is 45.8 Å². The number of ether oxygens (including phenoxy) is 1. The molecule has 28 heavy (non-hydrogen) atoms. The summed E-state index contributed by atoms with van der Waals surface area (Å²) in [7, 11) is 1.92. The van der Waals surface area contributed by atoms with Crippen molar-refractivity contribution in [2.75, 3.05) is 25.5 Å². The number of fused-ring (bicyclic) bond motifs is 1. The summed E-state index contributed by atoms with van der Waals surface area (Å²) in [6, 6.07) is 16.2. The van der Waals surface area contributed by atoms with Crippen molar-refractivity contribution in [3.05, 3.63) is 72.7 Å². The molecule has 0 radical (unpaired) electrons. The molecule has 3 aromatic heterocycles. The first-order chi connectivity index (χ1) is 13.8. The van der Waals surface area contributed by atoms with Crippen LogP contribution in [-0.2, 0) is 6.54 Å². The number of aromatic nitrogens is 3. The summed E-state index contributed by atoms with van der Waals surface area (Å²) >= 11 is 0. The lowest BCUT2D eigenvalue weighted by Crippen LogP contribution is -2.16. The highest BCUT2D eigenvalue weighted by Gasteiger charge is 2.13. The molecular weight excluding hydrogens is 350 g/mol. The average molecular weight is 373 g/mol. The molecule has 6 nitrogen and oxygen atoms in total. The zero-order chi connectivity index (χ0) is 19.2. The van der Waals surface area contributed by atoms with Gasteiger partial charge in [0.05, 0.1) is 0 Å². The molecule has 1 aromatic carbocycles. The minimum Gasteiger partial charge on any atom is -0.492 e. The van der Waals surface area contributed by atoms with Crippen molar-refractivity contribution in [2.24, 2.45) is 0 Å². The number of para-hydroxylation sites is 1. The highest BCUT2D eigenvalue weighted by Crippen LogP contribution is 2.35. The Hall–Kier alpha value is -3.38. The van der Waals surface area contributed by atoms with Crippen molar-refractivity contribution in [1.29, 1.82) is 0 Å². The fourth-order valence-corrected chi connectivity index (χ4v) is 3.12. The number of H-pyrrole nitrogens is 1. The standard InChI is InChI=1S/C22H23N5O/c1-23-12-13-28-20-5-3-2-4-17(20)19-14-21(27-22-18(19)8-11-25-22)26-15-16-6-9-24-10-7-16/h2-11,14,23H,12-13,15H2,1H3,(H2,25,26,27). The summed E-state index contributed by atoms with van der Waals surface area (Å²) in [5.74, 6) is 1.68. The number of nitrogens with zero attached hydrogens (tertiary/aromatic N) is 2. The van der Waals surface area contributed by atoms with Gasteiger partial charge in [-0.2, -0.15) is 0 Å². The normalized spacial score (nSPS) is 10.9. The molecular formula is C22H23N5O. The molecule has 142 valence electrons. The van der Waals surface area contributed by atoms with Crippen LogP contribution in [-0.4, -0.2) is 35.2 Å². The van der Waals surface area contributed by atoms with E-state index in [-0.39, 0.29) is 0 Å². The summed E-state index contributed by atoms with van der Waals surface area (Å²) in [5.41, 5.74) is 4.14. The summed E-state index contributed by atoms with van der Waals surface area (Å²) in [4.78, 5) is 12.0. The minimum atomic E-state index is 0.613. The van der Waals surface area contributed by atoms with Crippen LogP contribution in [0.1, 0.15) is 5.56 Å². The second kappa shape index (κ2) is 8.54. The first-order valence-corrected chi connectivity index (χ1v) is 9.33. The Morgan fingerprint density at radius 2 is 1.89 bits per heavy atom. The maximum Gasteiger partial charge on any atom is 0.140 e. The van der Waals surface area contributed by atoms with E-state index in [4.69, 9.17) is 9.72 Å². The third kappa shape index (κ3) is 3.97. The molecule has 0 aliphatic carbocycles. The molecule has 6 heteroatoms. The summed E-state index contributed by atoms with van der Waals surface area (Å²) in [5, 5.41) is 7.59. The van der Waals surface area contributed by atoms with Crippen LogP contribution in [0.4, 0.5) is 5.82 Å². The van der Waals surface area contributed by atoms with Gasteiger partial charge in [0.1, 0.15) is 23.8 Å². The fraction of sp³-hybridized carbons (Fsp3) is 0.182. The third-order valence-corrected chi connectivity index (χ3v) is 4.54. The van der Waals surface area contributed by atoms with E-state index in [9.17, 15) is 0 Å². The topological polar surface area (TPSA) is 74.9 Å².